The van der Waals surface area contributed by atoms with Gasteiger partial charge in [0.15, 0.2) is 5.43 Å². The number of methoxy groups -OCH3 is 1. The van der Waals surface area contributed by atoms with Gasteiger partial charge in [0.25, 0.3) is 5.91 Å². The molecule has 0 fully saturated rings. The van der Waals surface area contributed by atoms with Crippen LogP contribution >= 0.6 is 0 Å². The van der Waals surface area contributed by atoms with Crippen molar-refractivity contribution in [2.24, 2.45) is 0 Å². The minimum absolute atomic E-state index is 0.0348. The van der Waals surface area contributed by atoms with Crippen LogP contribution < -0.4 is 15.1 Å². The van der Waals surface area contributed by atoms with Crippen molar-refractivity contribution in [2.75, 3.05) is 12.0 Å². The van der Waals surface area contributed by atoms with Gasteiger partial charge in [-0.3, -0.25) is 14.5 Å². The zero-order chi connectivity index (χ0) is 20.8. The third-order valence-electron chi connectivity index (χ3n) is 5.34. The summed E-state index contributed by atoms with van der Waals surface area (Å²) in [5, 5.41) is 10.1. The quantitative estimate of drug-likeness (QED) is 0.557. The highest BCUT2D eigenvalue weighted by Crippen LogP contribution is 2.41. The van der Waals surface area contributed by atoms with Crippen molar-refractivity contribution in [3.05, 3.63) is 99.9 Å². The molecule has 1 atom stereocenters. The Hall–Kier alpha value is -4.06. The second kappa shape index (κ2) is 6.77. The van der Waals surface area contributed by atoms with E-state index in [1.807, 2.05) is 0 Å². The maximum absolute atomic E-state index is 13.4. The normalized spacial score (nSPS) is 15.4. The summed E-state index contributed by atoms with van der Waals surface area (Å²) in [5.41, 5.74) is 1.72. The van der Waals surface area contributed by atoms with E-state index < -0.39 is 11.9 Å². The Morgan fingerprint density at radius 2 is 1.63 bits per heavy atom. The molecule has 1 aliphatic heterocycles. The van der Waals surface area contributed by atoms with E-state index in [0.717, 1.165) is 0 Å². The molecule has 0 aliphatic carbocycles. The van der Waals surface area contributed by atoms with E-state index in [-0.39, 0.29) is 16.9 Å². The third kappa shape index (κ3) is 2.65. The highest BCUT2D eigenvalue weighted by Gasteiger charge is 2.43. The number of rotatable bonds is 3. The molecule has 3 aromatic carbocycles. The summed E-state index contributed by atoms with van der Waals surface area (Å²) in [5.74, 6) is 0.401. The number of hydrogen-bond acceptors (Lipinski definition) is 5. The van der Waals surface area contributed by atoms with E-state index >= 15 is 0 Å². The van der Waals surface area contributed by atoms with Crippen LogP contribution in [0.25, 0.3) is 11.0 Å². The molecule has 0 spiro atoms. The van der Waals surface area contributed by atoms with Gasteiger partial charge in [0.2, 0.25) is 5.76 Å². The maximum atomic E-state index is 13.4. The Morgan fingerprint density at radius 1 is 0.933 bits per heavy atom. The number of phenols is 1. The molecule has 2 heterocycles. The molecule has 148 valence electrons. The fourth-order valence-electron chi connectivity index (χ4n) is 3.90. The molecule has 0 saturated heterocycles. The first-order valence-electron chi connectivity index (χ1n) is 9.41. The average molecular weight is 399 g/mol. The molecule has 1 aliphatic rings. The standard InChI is InChI=1S/C24H17NO5/c1-29-17-12-8-15(9-13-17)25-21(14-6-10-16(26)11-7-14)20-22(27)18-4-2-3-5-19(18)30-23(20)24(25)28/h2-13,21,26H,1H3. The van der Waals surface area contributed by atoms with Gasteiger partial charge in [-0.05, 0) is 54.1 Å². The van der Waals surface area contributed by atoms with E-state index in [1.54, 1.807) is 72.7 Å². The second-order valence-corrected chi connectivity index (χ2v) is 7.04. The van der Waals surface area contributed by atoms with Gasteiger partial charge in [0.05, 0.1) is 24.1 Å². The van der Waals surface area contributed by atoms with Crippen molar-refractivity contribution in [3.8, 4) is 11.5 Å². The molecule has 0 radical (unpaired) electrons. The number of carbonyl (C=O) groups is 1. The molecular formula is C24H17NO5. The lowest BCUT2D eigenvalue weighted by Gasteiger charge is -2.25. The van der Waals surface area contributed by atoms with E-state index in [9.17, 15) is 14.7 Å². The van der Waals surface area contributed by atoms with Crippen molar-refractivity contribution in [1.29, 1.82) is 0 Å². The summed E-state index contributed by atoms with van der Waals surface area (Å²) in [6.45, 7) is 0. The zero-order valence-corrected chi connectivity index (χ0v) is 16.0. The fourth-order valence-corrected chi connectivity index (χ4v) is 3.90. The predicted molar refractivity (Wildman–Crippen MR) is 112 cm³/mol. The lowest BCUT2D eigenvalue weighted by molar-refractivity contribution is 0.0971. The first kappa shape index (κ1) is 18.0. The zero-order valence-electron chi connectivity index (χ0n) is 16.0. The molecule has 30 heavy (non-hydrogen) atoms. The second-order valence-electron chi connectivity index (χ2n) is 7.04. The SMILES string of the molecule is COc1ccc(N2C(=O)c3oc4ccccc4c(=O)c3C2c2ccc(O)cc2)cc1. The molecule has 6 heteroatoms. The van der Waals surface area contributed by atoms with Crippen LogP contribution in [0.1, 0.15) is 27.7 Å². The fraction of sp³-hybridized carbons (Fsp3) is 0.0833. The smallest absolute Gasteiger partial charge is 0.295 e. The number of fused-ring (bicyclic) bond motifs is 2. The van der Waals surface area contributed by atoms with E-state index in [2.05, 4.69) is 0 Å². The van der Waals surface area contributed by atoms with Crippen LogP contribution in [0.2, 0.25) is 0 Å². The van der Waals surface area contributed by atoms with E-state index in [0.29, 0.717) is 33.5 Å². The maximum Gasteiger partial charge on any atom is 0.295 e. The number of anilines is 1. The first-order chi connectivity index (χ1) is 14.6. The summed E-state index contributed by atoms with van der Waals surface area (Å²) in [6.07, 6.45) is 0. The lowest BCUT2D eigenvalue weighted by atomic mass is 9.98. The van der Waals surface area contributed by atoms with Crippen molar-refractivity contribution >= 4 is 22.6 Å². The molecule has 0 saturated carbocycles. The predicted octanol–water partition coefficient (Wildman–Crippen LogP) is 4.26. The van der Waals surface area contributed by atoms with Crippen LogP contribution in [0.5, 0.6) is 11.5 Å². The summed E-state index contributed by atoms with van der Waals surface area (Å²) >= 11 is 0. The molecule has 1 amide bonds. The molecule has 1 aromatic heterocycles. The Bertz CT molecular complexity index is 1320. The molecular weight excluding hydrogens is 382 g/mol. The highest BCUT2D eigenvalue weighted by molar-refractivity contribution is 6.10. The molecule has 1 N–H and O–H groups in total. The number of phenolic OH excluding ortho intramolecular Hbond substituents is 1. The minimum atomic E-state index is -0.678. The number of hydrogen-bond donors (Lipinski definition) is 1. The topological polar surface area (TPSA) is 80.0 Å². The molecule has 5 rings (SSSR count). The van der Waals surface area contributed by atoms with Gasteiger partial charge < -0.3 is 14.3 Å². The van der Waals surface area contributed by atoms with E-state index in [1.165, 1.54) is 12.1 Å². The van der Waals surface area contributed by atoms with Gasteiger partial charge in [-0.15, -0.1) is 0 Å². The number of ether oxygens (including phenoxy) is 1. The number of nitrogens with zero attached hydrogens (tertiary/aromatic N) is 1. The first-order valence-corrected chi connectivity index (χ1v) is 9.41. The van der Waals surface area contributed by atoms with Crippen LogP contribution in [0.15, 0.2) is 82.0 Å². The minimum Gasteiger partial charge on any atom is -0.508 e. The number of aromatic hydroxyl groups is 1. The van der Waals surface area contributed by atoms with Gasteiger partial charge in [-0.25, -0.2) is 0 Å². The van der Waals surface area contributed by atoms with Crippen LogP contribution in [0.3, 0.4) is 0 Å². The van der Waals surface area contributed by atoms with Crippen molar-refractivity contribution in [2.45, 2.75) is 6.04 Å². The summed E-state index contributed by atoms with van der Waals surface area (Å²) in [7, 11) is 1.57. The van der Waals surface area contributed by atoms with Crippen molar-refractivity contribution in [3.63, 3.8) is 0 Å². The Labute approximate surface area is 171 Å². The van der Waals surface area contributed by atoms with Crippen LogP contribution in [0.4, 0.5) is 5.69 Å². The Kier molecular flexibility index (Phi) is 4.06. The third-order valence-corrected chi connectivity index (χ3v) is 5.34. The van der Waals surface area contributed by atoms with Crippen molar-refractivity contribution in [1.82, 2.24) is 0 Å². The highest BCUT2D eigenvalue weighted by atomic mass is 16.5. The molecule has 1 unspecified atom stereocenters. The van der Waals surface area contributed by atoms with Gasteiger partial charge in [-0.1, -0.05) is 24.3 Å². The number of amides is 1. The summed E-state index contributed by atoms with van der Waals surface area (Å²) < 4.78 is 11.1. The summed E-state index contributed by atoms with van der Waals surface area (Å²) in [6, 6.07) is 19.7. The molecule has 0 bridgehead atoms. The molecule has 4 aromatic rings. The molecule has 6 nitrogen and oxygen atoms in total. The van der Waals surface area contributed by atoms with Gasteiger partial charge >= 0.3 is 0 Å². The van der Waals surface area contributed by atoms with Gasteiger partial charge in [0.1, 0.15) is 17.1 Å². The summed E-state index contributed by atoms with van der Waals surface area (Å²) in [4.78, 5) is 28.3. The van der Waals surface area contributed by atoms with Gasteiger partial charge in [0, 0.05) is 5.69 Å². The van der Waals surface area contributed by atoms with Crippen LogP contribution in [-0.2, 0) is 0 Å². The number of carbonyl (C=O) groups excluding carboxylic acids is 1. The number of benzene rings is 3. The Morgan fingerprint density at radius 3 is 2.33 bits per heavy atom. The van der Waals surface area contributed by atoms with Crippen molar-refractivity contribution < 1.29 is 19.1 Å². The monoisotopic (exact) mass is 399 g/mol. The van der Waals surface area contributed by atoms with Crippen LogP contribution in [0, 0.1) is 0 Å². The average Bonchev–Trinajstić information content (AvgIpc) is 3.07. The lowest BCUT2D eigenvalue weighted by Crippen LogP contribution is -2.29. The van der Waals surface area contributed by atoms with Crippen LogP contribution in [-0.4, -0.2) is 18.1 Å². The Balaban J connectivity index is 1.78. The largest absolute Gasteiger partial charge is 0.508 e. The van der Waals surface area contributed by atoms with E-state index in [4.69, 9.17) is 9.15 Å². The van der Waals surface area contributed by atoms with Gasteiger partial charge in [-0.2, -0.15) is 0 Å². The number of para-hydroxylation sites is 1.